The molecule has 6 heteroatoms. The van der Waals surface area contributed by atoms with E-state index in [1.54, 1.807) is 0 Å². The van der Waals surface area contributed by atoms with Crippen molar-refractivity contribution in [2.45, 2.75) is 31.2 Å². The Morgan fingerprint density at radius 3 is 2.21 bits per heavy atom. The van der Waals surface area contributed by atoms with Crippen molar-refractivity contribution in [3.63, 3.8) is 0 Å². The van der Waals surface area contributed by atoms with Gasteiger partial charge in [0.1, 0.15) is 0 Å². The van der Waals surface area contributed by atoms with Crippen molar-refractivity contribution >= 4 is 17.5 Å². The van der Waals surface area contributed by atoms with E-state index in [4.69, 9.17) is 11.6 Å². The van der Waals surface area contributed by atoms with E-state index in [1.165, 1.54) is 0 Å². The van der Waals surface area contributed by atoms with Crippen LogP contribution < -0.4 is 5.32 Å². The molecule has 1 fully saturated rings. The molecule has 1 N–H and O–H groups in total. The summed E-state index contributed by atoms with van der Waals surface area (Å²) in [6, 6.07) is 1.37. The number of amides is 1. The predicted molar refractivity (Wildman–Crippen MR) is 65.7 cm³/mol. The SMILES string of the molecule is O=C(NC1(CCl)CCCC1)c1cc(F)c(F)c(F)c1. The third-order valence-electron chi connectivity index (χ3n) is 3.44. The van der Waals surface area contributed by atoms with Crippen molar-refractivity contribution in [2.75, 3.05) is 5.88 Å². The van der Waals surface area contributed by atoms with Crippen LogP contribution in [0, 0.1) is 17.5 Å². The molecule has 1 aromatic carbocycles. The van der Waals surface area contributed by atoms with Crippen molar-refractivity contribution in [1.29, 1.82) is 0 Å². The summed E-state index contributed by atoms with van der Waals surface area (Å²) in [4.78, 5) is 12.0. The topological polar surface area (TPSA) is 29.1 Å². The monoisotopic (exact) mass is 291 g/mol. The molecule has 0 bridgehead atoms. The number of halogens is 4. The zero-order chi connectivity index (χ0) is 14.0. The number of hydrogen-bond acceptors (Lipinski definition) is 1. The van der Waals surface area contributed by atoms with E-state index in [0.29, 0.717) is 12.1 Å². The first kappa shape index (κ1) is 14.2. The quantitative estimate of drug-likeness (QED) is 0.671. The lowest BCUT2D eigenvalue weighted by atomic mass is 9.99. The highest BCUT2D eigenvalue weighted by atomic mass is 35.5. The Labute approximate surface area is 113 Å². The second-order valence-corrected chi connectivity index (χ2v) is 5.10. The fraction of sp³-hybridized carbons (Fsp3) is 0.462. The van der Waals surface area contributed by atoms with Crippen LogP contribution in [0.15, 0.2) is 12.1 Å². The highest BCUT2D eigenvalue weighted by Gasteiger charge is 2.34. The summed E-state index contributed by atoms with van der Waals surface area (Å²) in [5.41, 5.74) is -0.771. The molecule has 0 heterocycles. The molecule has 2 nitrogen and oxygen atoms in total. The third kappa shape index (κ3) is 2.86. The van der Waals surface area contributed by atoms with Crippen molar-refractivity contribution < 1.29 is 18.0 Å². The standard InChI is InChI=1S/C13H13ClF3NO/c14-7-13(3-1-2-4-13)18-12(19)8-5-9(15)11(17)10(16)6-8/h5-6H,1-4,7H2,(H,18,19). The Morgan fingerprint density at radius 2 is 1.74 bits per heavy atom. The summed E-state index contributed by atoms with van der Waals surface area (Å²) < 4.78 is 39.0. The van der Waals surface area contributed by atoms with Gasteiger partial charge in [0.2, 0.25) is 0 Å². The molecule has 1 aliphatic rings. The van der Waals surface area contributed by atoms with Crippen molar-refractivity contribution in [1.82, 2.24) is 5.32 Å². The summed E-state index contributed by atoms with van der Waals surface area (Å²) in [6.45, 7) is 0. The third-order valence-corrected chi connectivity index (χ3v) is 3.95. The first-order valence-electron chi connectivity index (χ1n) is 6.00. The van der Waals surface area contributed by atoms with Gasteiger partial charge in [0.25, 0.3) is 5.91 Å². The van der Waals surface area contributed by atoms with E-state index in [1.807, 2.05) is 0 Å². The Hall–Kier alpha value is -1.23. The van der Waals surface area contributed by atoms with Crippen LogP contribution in [0.5, 0.6) is 0 Å². The van der Waals surface area contributed by atoms with Gasteiger partial charge in [-0.1, -0.05) is 12.8 Å². The summed E-state index contributed by atoms with van der Waals surface area (Å²) in [5, 5.41) is 2.71. The van der Waals surface area contributed by atoms with Crippen molar-refractivity contribution in [2.24, 2.45) is 0 Å². The number of nitrogens with one attached hydrogen (secondary N) is 1. The number of carbonyl (C=O) groups is 1. The molecular formula is C13H13ClF3NO. The van der Waals surface area contributed by atoms with Crippen LogP contribution in [0.3, 0.4) is 0 Å². The fourth-order valence-corrected chi connectivity index (χ4v) is 2.68. The first-order valence-corrected chi connectivity index (χ1v) is 6.54. The molecule has 1 aliphatic carbocycles. The minimum absolute atomic E-state index is 0.241. The molecule has 1 aromatic rings. The van der Waals surface area contributed by atoms with Crippen LogP contribution >= 0.6 is 11.6 Å². The lowest BCUT2D eigenvalue weighted by Crippen LogP contribution is -2.47. The van der Waals surface area contributed by atoms with Crippen LogP contribution in [0.2, 0.25) is 0 Å². The Kier molecular flexibility index (Phi) is 4.04. The van der Waals surface area contributed by atoms with Crippen molar-refractivity contribution in [3.8, 4) is 0 Å². The predicted octanol–water partition coefficient (Wildman–Crippen LogP) is 3.39. The maximum absolute atomic E-state index is 13.1. The number of hydrogen-bond donors (Lipinski definition) is 1. The first-order chi connectivity index (χ1) is 8.97. The molecule has 0 unspecified atom stereocenters. The van der Waals surface area contributed by atoms with Gasteiger partial charge in [-0.15, -0.1) is 11.6 Å². The summed E-state index contributed by atoms with van der Waals surface area (Å²) >= 11 is 5.86. The van der Waals surface area contributed by atoms with E-state index < -0.39 is 28.9 Å². The van der Waals surface area contributed by atoms with Crippen LogP contribution in [0.4, 0.5) is 13.2 Å². The lowest BCUT2D eigenvalue weighted by Gasteiger charge is -2.27. The van der Waals surface area contributed by atoms with Crippen molar-refractivity contribution in [3.05, 3.63) is 35.1 Å². The molecule has 0 radical (unpaired) electrons. The largest absolute Gasteiger partial charge is 0.345 e. The average molecular weight is 292 g/mol. The minimum atomic E-state index is -1.58. The minimum Gasteiger partial charge on any atom is -0.345 e. The molecule has 1 saturated carbocycles. The van der Waals surface area contributed by atoms with E-state index >= 15 is 0 Å². The Bertz CT molecular complexity index is 478. The zero-order valence-electron chi connectivity index (χ0n) is 10.1. The smallest absolute Gasteiger partial charge is 0.251 e. The molecule has 19 heavy (non-hydrogen) atoms. The van der Waals surface area contributed by atoms with Gasteiger partial charge in [0, 0.05) is 11.4 Å². The molecule has 1 amide bonds. The highest BCUT2D eigenvalue weighted by molar-refractivity contribution is 6.19. The number of benzene rings is 1. The van der Waals surface area contributed by atoms with Gasteiger partial charge in [-0.3, -0.25) is 4.79 Å². The van der Waals surface area contributed by atoms with Crippen LogP contribution in [0.25, 0.3) is 0 Å². The average Bonchev–Trinajstić information content (AvgIpc) is 2.84. The second-order valence-electron chi connectivity index (χ2n) is 4.83. The summed E-state index contributed by atoms with van der Waals surface area (Å²) in [5.74, 6) is -4.73. The highest BCUT2D eigenvalue weighted by Crippen LogP contribution is 2.31. The molecule has 0 atom stereocenters. The lowest BCUT2D eigenvalue weighted by molar-refractivity contribution is 0.0908. The number of rotatable bonds is 3. The molecule has 104 valence electrons. The van der Waals surface area contributed by atoms with Gasteiger partial charge < -0.3 is 5.32 Å². The molecular weight excluding hydrogens is 279 g/mol. The van der Waals surface area contributed by atoms with E-state index in [2.05, 4.69) is 5.32 Å². The number of alkyl halides is 1. The molecule has 2 rings (SSSR count). The Morgan fingerprint density at radius 1 is 1.21 bits per heavy atom. The van der Waals surface area contributed by atoms with Gasteiger partial charge in [-0.2, -0.15) is 0 Å². The van der Waals surface area contributed by atoms with Gasteiger partial charge in [-0.05, 0) is 25.0 Å². The molecule has 0 saturated heterocycles. The van der Waals surface area contributed by atoms with Crippen LogP contribution in [-0.2, 0) is 0 Å². The van der Waals surface area contributed by atoms with E-state index in [0.717, 1.165) is 25.7 Å². The fourth-order valence-electron chi connectivity index (χ4n) is 2.34. The molecule has 0 spiro atoms. The molecule has 0 aromatic heterocycles. The zero-order valence-corrected chi connectivity index (χ0v) is 10.9. The summed E-state index contributed by atoms with van der Waals surface area (Å²) in [6.07, 6.45) is 3.35. The van der Waals surface area contributed by atoms with Crippen LogP contribution in [0.1, 0.15) is 36.0 Å². The van der Waals surface area contributed by atoms with Gasteiger partial charge in [-0.25, -0.2) is 13.2 Å². The van der Waals surface area contributed by atoms with E-state index in [-0.39, 0.29) is 11.4 Å². The maximum atomic E-state index is 13.1. The maximum Gasteiger partial charge on any atom is 0.251 e. The normalized spacial score (nSPS) is 17.5. The van der Waals surface area contributed by atoms with Gasteiger partial charge in [0.05, 0.1) is 5.54 Å². The molecule has 0 aliphatic heterocycles. The second kappa shape index (κ2) is 5.41. The van der Waals surface area contributed by atoms with Gasteiger partial charge >= 0.3 is 0 Å². The van der Waals surface area contributed by atoms with Gasteiger partial charge in [0.15, 0.2) is 17.5 Å². The Balaban J connectivity index is 2.20. The summed E-state index contributed by atoms with van der Waals surface area (Å²) in [7, 11) is 0. The van der Waals surface area contributed by atoms with E-state index in [9.17, 15) is 18.0 Å². The van der Waals surface area contributed by atoms with Crippen LogP contribution in [-0.4, -0.2) is 17.3 Å². The number of carbonyl (C=O) groups excluding carboxylic acids is 1.